The molecule has 0 aliphatic heterocycles. The predicted molar refractivity (Wildman–Crippen MR) is 71.4 cm³/mol. The Kier molecular flexibility index (Phi) is 3.28. The molecule has 0 saturated carbocycles. The number of fused-ring (bicyclic) bond motifs is 1. The molecule has 2 rings (SSSR count). The molecule has 0 unspecified atom stereocenters. The standard InChI is InChI=1S/C14H14N2O2/c1-3-8-18-14(17)12-11-7-5-4-6-10(11)9(2)16-13(12)15/h3-7H,1,8H2,2H3,(H2,15,16). The van der Waals surface area contributed by atoms with Crippen LogP contribution in [0.2, 0.25) is 0 Å². The number of pyridine rings is 1. The molecular formula is C14H14N2O2. The van der Waals surface area contributed by atoms with E-state index in [9.17, 15) is 4.79 Å². The highest BCUT2D eigenvalue weighted by Crippen LogP contribution is 2.25. The summed E-state index contributed by atoms with van der Waals surface area (Å²) in [4.78, 5) is 16.1. The number of anilines is 1. The van der Waals surface area contributed by atoms with E-state index < -0.39 is 5.97 Å². The van der Waals surface area contributed by atoms with Crippen LogP contribution in [0.4, 0.5) is 5.82 Å². The monoisotopic (exact) mass is 242 g/mol. The molecular weight excluding hydrogens is 228 g/mol. The van der Waals surface area contributed by atoms with E-state index in [0.29, 0.717) is 5.56 Å². The van der Waals surface area contributed by atoms with Crippen LogP contribution < -0.4 is 5.73 Å². The third-order valence-electron chi connectivity index (χ3n) is 2.67. The Morgan fingerprint density at radius 3 is 2.78 bits per heavy atom. The molecule has 1 heterocycles. The highest BCUT2D eigenvalue weighted by atomic mass is 16.5. The van der Waals surface area contributed by atoms with Gasteiger partial charge < -0.3 is 10.5 Å². The van der Waals surface area contributed by atoms with Gasteiger partial charge in [0, 0.05) is 16.5 Å². The van der Waals surface area contributed by atoms with Gasteiger partial charge in [-0.25, -0.2) is 9.78 Å². The lowest BCUT2D eigenvalue weighted by atomic mass is 10.0. The third kappa shape index (κ3) is 2.05. The van der Waals surface area contributed by atoms with Crippen molar-refractivity contribution in [3.63, 3.8) is 0 Å². The number of benzene rings is 1. The summed E-state index contributed by atoms with van der Waals surface area (Å²) >= 11 is 0. The number of carbonyl (C=O) groups is 1. The second-order valence-corrected chi connectivity index (χ2v) is 3.89. The molecule has 0 amide bonds. The first-order valence-electron chi connectivity index (χ1n) is 5.58. The van der Waals surface area contributed by atoms with Crippen molar-refractivity contribution in [1.82, 2.24) is 4.98 Å². The Balaban J connectivity index is 2.62. The minimum atomic E-state index is -0.476. The molecule has 0 bridgehead atoms. The van der Waals surface area contributed by atoms with Gasteiger partial charge in [0.05, 0.1) is 0 Å². The number of hydrogen-bond donors (Lipinski definition) is 1. The fourth-order valence-electron chi connectivity index (χ4n) is 1.87. The van der Waals surface area contributed by atoms with Crippen LogP contribution >= 0.6 is 0 Å². The van der Waals surface area contributed by atoms with Crippen LogP contribution in [0, 0.1) is 6.92 Å². The van der Waals surface area contributed by atoms with Gasteiger partial charge in [-0.3, -0.25) is 0 Å². The first-order chi connectivity index (χ1) is 8.65. The van der Waals surface area contributed by atoms with E-state index in [-0.39, 0.29) is 12.4 Å². The van der Waals surface area contributed by atoms with Gasteiger partial charge in [-0.05, 0) is 6.92 Å². The van der Waals surface area contributed by atoms with Crippen molar-refractivity contribution in [2.24, 2.45) is 0 Å². The minimum Gasteiger partial charge on any atom is -0.458 e. The molecule has 2 aromatic rings. The molecule has 0 radical (unpaired) electrons. The van der Waals surface area contributed by atoms with E-state index in [4.69, 9.17) is 10.5 Å². The molecule has 0 atom stereocenters. The summed E-state index contributed by atoms with van der Waals surface area (Å²) in [6.45, 7) is 5.51. The summed E-state index contributed by atoms with van der Waals surface area (Å²) in [6.07, 6.45) is 1.51. The molecule has 0 fully saturated rings. The number of nitrogens with two attached hydrogens (primary N) is 1. The Morgan fingerprint density at radius 2 is 2.11 bits per heavy atom. The summed E-state index contributed by atoms with van der Waals surface area (Å²) < 4.78 is 5.03. The fraction of sp³-hybridized carbons (Fsp3) is 0.143. The molecule has 4 nitrogen and oxygen atoms in total. The predicted octanol–water partition coefficient (Wildman–Crippen LogP) is 2.47. The lowest BCUT2D eigenvalue weighted by Crippen LogP contribution is -2.11. The summed E-state index contributed by atoms with van der Waals surface area (Å²) in [5.41, 5.74) is 6.93. The van der Waals surface area contributed by atoms with Gasteiger partial charge >= 0.3 is 5.97 Å². The average molecular weight is 242 g/mol. The van der Waals surface area contributed by atoms with Crippen LogP contribution in [-0.4, -0.2) is 17.6 Å². The zero-order valence-corrected chi connectivity index (χ0v) is 10.1. The molecule has 1 aromatic heterocycles. The Bertz CT molecular complexity index is 620. The highest BCUT2D eigenvalue weighted by molar-refractivity contribution is 6.08. The van der Waals surface area contributed by atoms with Crippen molar-refractivity contribution in [2.75, 3.05) is 12.3 Å². The number of nitrogens with zero attached hydrogens (tertiary/aromatic N) is 1. The molecule has 0 spiro atoms. The number of esters is 1. The number of ether oxygens (including phenoxy) is 1. The maximum absolute atomic E-state index is 12.0. The molecule has 4 heteroatoms. The normalized spacial score (nSPS) is 10.3. The minimum absolute atomic E-state index is 0.153. The molecule has 0 saturated heterocycles. The molecule has 92 valence electrons. The summed E-state index contributed by atoms with van der Waals surface area (Å²) in [7, 11) is 0. The van der Waals surface area contributed by atoms with Crippen LogP contribution in [0.15, 0.2) is 36.9 Å². The van der Waals surface area contributed by atoms with E-state index >= 15 is 0 Å². The van der Waals surface area contributed by atoms with Crippen molar-refractivity contribution in [1.29, 1.82) is 0 Å². The van der Waals surface area contributed by atoms with Crippen molar-refractivity contribution >= 4 is 22.6 Å². The van der Waals surface area contributed by atoms with Gasteiger partial charge in [0.15, 0.2) is 0 Å². The fourth-order valence-corrected chi connectivity index (χ4v) is 1.87. The number of nitrogen functional groups attached to an aromatic ring is 1. The van der Waals surface area contributed by atoms with Gasteiger partial charge in [0.2, 0.25) is 0 Å². The second kappa shape index (κ2) is 4.87. The van der Waals surface area contributed by atoms with E-state index in [1.807, 2.05) is 31.2 Å². The molecule has 0 aliphatic carbocycles. The van der Waals surface area contributed by atoms with Gasteiger partial charge in [-0.15, -0.1) is 0 Å². The van der Waals surface area contributed by atoms with E-state index in [0.717, 1.165) is 16.5 Å². The summed E-state index contributed by atoms with van der Waals surface area (Å²) in [5.74, 6) is -0.281. The zero-order valence-electron chi connectivity index (χ0n) is 10.1. The van der Waals surface area contributed by atoms with Crippen molar-refractivity contribution in [3.05, 3.63) is 48.2 Å². The highest BCUT2D eigenvalue weighted by Gasteiger charge is 2.17. The van der Waals surface area contributed by atoms with Gasteiger partial charge in [-0.2, -0.15) is 0 Å². The van der Waals surface area contributed by atoms with Crippen LogP contribution in [0.1, 0.15) is 16.1 Å². The SMILES string of the molecule is C=CCOC(=O)c1c(N)nc(C)c2ccccc12. The summed E-state index contributed by atoms with van der Waals surface area (Å²) in [6, 6.07) is 7.49. The van der Waals surface area contributed by atoms with Gasteiger partial charge in [0.1, 0.15) is 18.0 Å². The van der Waals surface area contributed by atoms with Crippen LogP contribution in [0.5, 0.6) is 0 Å². The first kappa shape index (κ1) is 12.1. The number of aromatic nitrogens is 1. The van der Waals surface area contributed by atoms with Crippen molar-refractivity contribution in [3.8, 4) is 0 Å². The van der Waals surface area contributed by atoms with Gasteiger partial charge in [-0.1, -0.05) is 36.9 Å². The average Bonchev–Trinajstić information content (AvgIpc) is 2.36. The van der Waals surface area contributed by atoms with E-state index in [1.54, 1.807) is 0 Å². The lowest BCUT2D eigenvalue weighted by Gasteiger charge is -2.10. The van der Waals surface area contributed by atoms with E-state index in [2.05, 4.69) is 11.6 Å². The number of rotatable bonds is 3. The quantitative estimate of drug-likeness (QED) is 0.663. The Hall–Kier alpha value is -2.36. The topological polar surface area (TPSA) is 65.2 Å². The Labute approximate surface area is 105 Å². The lowest BCUT2D eigenvalue weighted by molar-refractivity contribution is 0.0553. The van der Waals surface area contributed by atoms with Gasteiger partial charge in [0.25, 0.3) is 0 Å². The smallest absolute Gasteiger partial charge is 0.342 e. The zero-order chi connectivity index (χ0) is 13.1. The molecule has 2 N–H and O–H groups in total. The first-order valence-corrected chi connectivity index (χ1v) is 5.58. The van der Waals surface area contributed by atoms with Crippen LogP contribution in [0.3, 0.4) is 0 Å². The molecule has 0 aliphatic rings. The molecule has 1 aromatic carbocycles. The maximum Gasteiger partial charge on any atom is 0.342 e. The van der Waals surface area contributed by atoms with E-state index in [1.165, 1.54) is 6.08 Å². The van der Waals surface area contributed by atoms with Crippen LogP contribution in [-0.2, 0) is 4.74 Å². The second-order valence-electron chi connectivity index (χ2n) is 3.89. The van der Waals surface area contributed by atoms with Crippen molar-refractivity contribution < 1.29 is 9.53 Å². The number of aryl methyl sites for hydroxylation is 1. The molecule has 18 heavy (non-hydrogen) atoms. The van der Waals surface area contributed by atoms with Crippen LogP contribution in [0.25, 0.3) is 10.8 Å². The number of hydrogen-bond acceptors (Lipinski definition) is 4. The number of carbonyl (C=O) groups excluding carboxylic acids is 1. The summed E-state index contributed by atoms with van der Waals surface area (Å²) in [5, 5.41) is 1.66. The van der Waals surface area contributed by atoms with Crippen molar-refractivity contribution in [2.45, 2.75) is 6.92 Å². The third-order valence-corrected chi connectivity index (χ3v) is 2.67. The maximum atomic E-state index is 12.0. The Morgan fingerprint density at radius 1 is 1.44 bits per heavy atom. The largest absolute Gasteiger partial charge is 0.458 e.